The van der Waals surface area contributed by atoms with E-state index in [-0.39, 0.29) is 5.97 Å². The van der Waals surface area contributed by atoms with Crippen LogP contribution in [-0.4, -0.2) is 12.6 Å². The van der Waals surface area contributed by atoms with Gasteiger partial charge in [-0.25, -0.2) is 4.79 Å². The van der Waals surface area contributed by atoms with E-state index in [0.717, 1.165) is 12.8 Å². The second kappa shape index (κ2) is 15.4. The third-order valence-corrected chi connectivity index (χ3v) is 2.17. The zero-order chi connectivity index (χ0) is 14.2. The molecule has 0 atom stereocenters. The van der Waals surface area contributed by atoms with Crippen molar-refractivity contribution in [3.05, 3.63) is 24.8 Å². The molecule has 0 fully saturated rings. The molecule has 0 unspecified atom stereocenters. The molecule has 0 heterocycles. The van der Waals surface area contributed by atoms with E-state index in [1.54, 1.807) is 13.0 Å². The monoisotopic (exact) mass is 251 g/mol. The van der Waals surface area contributed by atoms with Gasteiger partial charge in [-0.2, -0.15) is 5.26 Å². The largest absolute Gasteiger partial charge is 0.462 e. The number of nitriles is 1. The molecule has 0 spiro atoms. The van der Waals surface area contributed by atoms with Crippen molar-refractivity contribution >= 4 is 5.97 Å². The van der Waals surface area contributed by atoms with Crippen molar-refractivity contribution in [1.82, 2.24) is 0 Å². The number of rotatable bonds is 8. The van der Waals surface area contributed by atoms with E-state index in [4.69, 9.17) is 10.00 Å². The second-order valence-electron chi connectivity index (χ2n) is 4.02. The van der Waals surface area contributed by atoms with Crippen LogP contribution in [0.25, 0.3) is 0 Å². The Morgan fingerprint density at radius 3 is 2.22 bits per heavy atom. The number of hydrogen-bond donors (Lipinski definition) is 0. The van der Waals surface area contributed by atoms with E-state index in [9.17, 15) is 4.79 Å². The summed E-state index contributed by atoms with van der Waals surface area (Å²) >= 11 is 0. The third-order valence-electron chi connectivity index (χ3n) is 2.17. The Labute approximate surface area is 111 Å². The molecule has 3 heteroatoms. The molecule has 0 amide bonds. The van der Waals surface area contributed by atoms with Crippen LogP contribution in [0.5, 0.6) is 0 Å². The summed E-state index contributed by atoms with van der Waals surface area (Å²) < 4.78 is 4.97. The van der Waals surface area contributed by atoms with Crippen LogP contribution in [0.2, 0.25) is 0 Å². The first-order valence-electron chi connectivity index (χ1n) is 6.43. The number of carbonyl (C=O) groups is 1. The summed E-state index contributed by atoms with van der Waals surface area (Å²) in [5.41, 5.74) is 0.482. The van der Waals surface area contributed by atoms with Crippen LogP contribution in [0.4, 0.5) is 0 Å². The predicted molar refractivity (Wildman–Crippen MR) is 75.0 cm³/mol. The number of carbonyl (C=O) groups excluding carboxylic acids is 1. The molecule has 0 aromatic rings. The van der Waals surface area contributed by atoms with Crippen LogP contribution in [0.1, 0.15) is 52.4 Å². The van der Waals surface area contributed by atoms with E-state index in [1.807, 2.05) is 0 Å². The Bertz CT molecular complexity index is 277. The fourth-order valence-corrected chi connectivity index (χ4v) is 1.17. The lowest BCUT2D eigenvalue weighted by molar-refractivity contribution is -0.139. The zero-order valence-electron chi connectivity index (χ0n) is 11.7. The molecule has 102 valence electrons. The van der Waals surface area contributed by atoms with Gasteiger partial charge in [0, 0.05) is 11.6 Å². The summed E-state index contributed by atoms with van der Waals surface area (Å²) in [6.45, 7) is 11.1. The molecule has 0 bridgehead atoms. The summed E-state index contributed by atoms with van der Waals surface area (Å²) in [6, 6.07) is 1.69. The van der Waals surface area contributed by atoms with E-state index in [0.29, 0.717) is 12.2 Å². The van der Waals surface area contributed by atoms with E-state index >= 15 is 0 Å². The summed E-state index contributed by atoms with van der Waals surface area (Å²) in [5.74, 6) is -0.265. The van der Waals surface area contributed by atoms with Gasteiger partial charge in [-0.15, -0.1) is 0 Å². The maximum atomic E-state index is 11.0. The smallest absolute Gasteiger partial charge is 0.333 e. The minimum absolute atomic E-state index is 0.265. The lowest BCUT2D eigenvalue weighted by atomic mass is 10.1. The zero-order valence-corrected chi connectivity index (χ0v) is 11.7. The van der Waals surface area contributed by atoms with Crippen LogP contribution < -0.4 is 0 Å². The van der Waals surface area contributed by atoms with E-state index < -0.39 is 0 Å². The maximum absolute atomic E-state index is 11.0. The van der Waals surface area contributed by atoms with Crippen LogP contribution >= 0.6 is 0 Å². The van der Waals surface area contributed by atoms with Crippen LogP contribution in [0, 0.1) is 11.3 Å². The van der Waals surface area contributed by atoms with Gasteiger partial charge in [0.1, 0.15) is 0 Å². The van der Waals surface area contributed by atoms with E-state index in [2.05, 4.69) is 20.1 Å². The Hall–Kier alpha value is -1.56. The number of ether oxygens (including phenoxy) is 1. The SMILES string of the molecule is C=C(C)C(=O)OCCCCCCCC.C=CC#N. The van der Waals surface area contributed by atoms with Crippen molar-refractivity contribution in [1.29, 1.82) is 5.26 Å². The molecule has 0 aliphatic heterocycles. The molecule has 0 aliphatic carbocycles. The highest BCUT2D eigenvalue weighted by molar-refractivity contribution is 5.86. The quantitative estimate of drug-likeness (QED) is 0.282. The van der Waals surface area contributed by atoms with Crippen LogP contribution in [-0.2, 0) is 9.53 Å². The van der Waals surface area contributed by atoms with Gasteiger partial charge in [-0.3, -0.25) is 0 Å². The van der Waals surface area contributed by atoms with Gasteiger partial charge in [0.25, 0.3) is 0 Å². The number of esters is 1. The van der Waals surface area contributed by atoms with E-state index in [1.165, 1.54) is 31.8 Å². The molecule has 0 saturated carbocycles. The van der Waals surface area contributed by atoms with Gasteiger partial charge in [0.15, 0.2) is 0 Å². The molecule has 18 heavy (non-hydrogen) atoms. The Balaban J connectivity index is 0. The first kappa shape index (κ1) is 18.8. The summed E-state index contributed by atoms with van der Waals surface area (Å²) in [5, 5.41) is 7.51. The van der Waals surface area contributed by atoms with Crippen molar-refractivity contribution in [2.75, 3.05) is 6.61 Å². The molecule has 0 aliphatic rings. The highest BCUT2D eigenvalue weighted by atomic mass is 16.5. The third kappa shape index (κ3) is 16.9. The van der Waals surface area contributed by atoms with Gasteiger partial charge in [-0.1, -0.05) is 52.2 Å². The van der Waals surface area contributed by atoms with Crippen molar-refractivity contribution in [2.45, 2.75) is 52.4 Å². The van der Waals surface area contributed by atoms with Crippen molar-refractivity contribution in [2.24, 2.45) is 0 Å². The minimum Gasteiger partial charge on any atom is -0.462 e. The maximum Gasteiger partial charge on any atom is 0.333 e. The Morgan fingerprint density at radius 2 is 1.78 bits per heavy atom. The molecular formula is C15H25NO2. The first-order valence-corrected chi connectivity index (χ1v) is 6.43. The Morgan fingerprint density at radius 1 is 1.28 bits per heavy atom. The van der Waals surface area contributed by atoms with Gasteiger partial charge >= 0.3 is 5.97 Å². The predicted octanol–water partition coefficient (Wildman–Crippen LogP) is 4.16. The topological polar surface area (TPSA) is 50.1 Å². The molecule has 0 radical (unpaired) electrons. The lowest BCUT2D eigenvalue weighted by Gasteiger charge is -2.03. The fraction of sp³-hybridized carbons (Fsp3) is 0.600. The highest BCUT2D eigenvalue weighted by Crippen LogP contribution is 2.05. The standard InChI is InChI=1S/C12H22O2.C3H3N/c1-4-5-6-7-8-9-10-14-12(13)11(2)3;1-2-3-4/h2,4-10H2,1,3H3;2H,1H2. The Kier molecular flexibility index (Phi) is 16.1. The lowest BCUT2D eigenvalue weighted by Crippen LogP contribution is -2.05. The summed E-state index contributed by atoms with van der Waals surface area (Å²) in [6.07, 6.45) is 8.44. The normalized spacial score (nSPS) is 8.50. The van der Waals surface area contributed by atoms with Crippen molar-refractivity contribution in [3.8, 4) is 6.07 Å². The average molecular weight is 251 g/mol. The number of allylic oxidation sites excluding steroid dienone is 1. The molecule has 3 nitrogen and oxygen atoms in total. The number of unbranched alkanes of at least 4 members (excludes halogenated alkanes) is 5. The summed E-state index contributed by atoms with van der Waals surface area (Å²) in [7, 11) is 0. The molecule has 0 N–H and O–H groups in total. The van der Waals surface area contributed by atoms with Crippen LogP contribution in [0.15, 0.2) is 24.8 Å². The van der Waals surface area contributed by atoms with Crippen LogP contribution in [0.3, 0.4) is 0 Å². The second-order valence-corrected chi connectivity index (χ2v) is 4.02. The number of hydrogen-bond acceptors (Lipinski definition) is 3. The van der Waals surface area contributed by atoms with Gasteiger partial charge in [0.2, 0.25) is 0 Å². The molecule has 0 aromatic carbocycles. The van der Waals surface area contributed by atoms with Gasteiger partial charge in [0.05, 0.1) is 12.7 Å². The van der Waals surface area contributed by atoms with Crippen molar-refractivity contribution in [3.63, 3.8) is 0 Å². The highest BCUT2D eigenvalue weighted by Gasteiger charge is 2.01. The average Bonchev–Trinajstić information content (AvgIpc) is 2.37. The van der Waals surface area contributed by atoms with Gasteiger partial charge in [-0.05, 0) is 13.3 Å². The van der Waals surface area contributed by atoms with Gasteiger partial charge < -0.3 is 4.74 Å². The van der Waals surface area contributed by atoms with Crippen molar-refractivity contribution < 1.29 is 9.53 Å². The first-order chi connectivity index (χ1) is 8.59. The summed E-state index contributed by atoms with van der Waals surface area (Å²) in [4.78, 5) is 11.0. The minimum atomic E-state index is -0.265. The molecule has 0 saturated heterocycles. The molecular weight excluding hydrogens is 226 g/mol. The fourth-order valence-electron chi connectivity index (χ4n) is 1.17. The number of nitrogens with zero attached hydrogens (tertiary/aromatic N) is 1. The molecule has 0 aromatic heterocycles. The molecule has 0 rings (SSSR count).